The molecule has 0 bridgehead atoms. The van der Waals surface area contributed by atoms with Gasteiger partial charge in [0.05, 0.1) is 16.8 Å². The first-order chi connectivity index (χ1) is 11.3. The fourth-order valence-corrected chi connectivity index (χ4v) is 4.84. The van der Waals surface area contributed by atoms with Crippen LogP contribution in [0.25, 0.3) is 0 Å². The number of thioether (sulfide) groups is 1. The van der Waals surface area contributed by atoms with Gasteiger partial charge in [0.25, 0.3) is 0 Å². The molecule has 130 valence electrons. The Hall–Kier alpha value is -1.06. The molecule has 0 radical (unpaired) electrons. The van der Waals surface area contributed by atoms with Crippen LogP contribution < -0.4 is 5.14 Å². The molecule has 3 rings (SSSR count). The molecule has 3 N–H and O–H groups in total. The largest absolute Gasteiger partial charge is 0.366 e. The van der Waals surface area contributed by atoms with E-state index in [4.69, 9.17) is 16.7 Å². The van der Waals surface area contributed by atoms with Gasteiger partial charge in [-0.3, -0.25) is 4.99 Å². The van der Waals surface area contributed by atoms with Crippen LogP contribution in [-0.4, -0.2) is 41.9 Å². The zero-order valence-electron chi connectivity index (χ0n) is 12.9. The fourth-order valence-electron chi connectivity index (χ4n) is 2.51. The Balaban J connectivity index is 2.04. The van der Waals surface area contributed by atoms with Crippen molar-refractivity contribution >= 4 is 38.6 Å². The van der Waals surface area contributed by atoms with Gasteiger partial charge in [0, 0.05) is 12.1 Å². The summed E-state index contributed by atoms with van der Waals surface area (Å²) in [5.41, 5.74) is -0.984. The molecular weight excluding hydrogens is 370 g/mol. The highest BCUT2D eigenvalue weighted by molar-refractivity contribution is 8.14. The van der Waals surface area contributed by atoms with Crippen molar-refractivity contribution in [1.82, 2.24) is 4.90 Å². The minimum Gasteiger partial charge on any atom is -0.366 e. The van der Waals surface area contributed by atoms with Crippen LogP contribution in [0.3, 0.4) is 0 Å². The molecule has 2 aliphatic rings. The molecule has 1 aromatic rings. The van der Waals surface area contributed by atoms with E-state index in [0.29, 0.717) is 23.9 Å². The molecule has 1 unspecified atom stereocenters. The molecule has 1 atom stereocenters. The molecule has 0 amide bonds. The first-order valence-electron chi connectivity index (χ1n) is 7.40. The molecule has 1 heterocycles. The Bertz CT molecular complexity index is 808. The summed E-state index contributed by atoms with van der Waals surface area (Å²) in [5, 5.41) is 17.2. The summed E-state index contributed by atoms with van der Waals surface area (Å²) in [6.07, 6.45) is 3.79. The predicted octanol–water partition coefficient (Wildman–Crippen LogP) is 1.89. The Kier molecular flexibility index (Phi) is 4.69. The number of nitrogens with zero attached hydrogens (tertiary/aromatic N) is 2. The van der Waals surface area contributed by atoms with E-state index in [1.807, 2.05) is 0 Å². The molecule has 1 aromatic carbocycles. The third-order valence-corrected chi connectivity index (χ3v) is 6.45. The highest BCUT2D eigenvalue weighted by Gasteiger charge is 2.45. The molecule has 0 aromatic heterocycles. The molecule has 24 heavy (non-hydrogen) atoms. The Morgan fingerprint density at radius 1 is 1.54 bits per heavy atom. The lowest BCUT2D eigenvalue weighted by atomic mass is 10.0. The highest BCUT2D eigenvalue weighted by Crippen LogP contribution is 2.41. The molecule has 2 fully saturated rings. The molecule has 1 saturated heterocycles. The topological polar surface area (TPSA) is 96.0 Å². The number of amidine groups is 1. The molecule has 9 heteroatoms. The van der Waals surface area contributed by atoms with Gasteiger partial charge >= 0.3 is 0 Å². The van der Waals surface area contributed by atoms with Crippen LogP contribution in [0, 0.1) is 0 Å². The molecule has 1 saturated carbocycles. The van der Waals surface area contributed by atoms with E-state index in [1.165, 1.54) is 23.9 Å². The monoisotopic (exact) mass is 387 g/mol. The lowest BCUT2D eigenvalue weighted by Crippen LogP contribution is -2.45. The second-order valence-electron chi connectivity index (χ2n) is 5.84. The first kappa shape index (κ1) is 17.8. The lowest BCUT2D eigenvalue weighted by molar-refractivity contribution is -0.0425. The Morgan fingerprint density at radius 3 is 2.83 bits per heavy atom. The van der Waals surface area contributed by atoms with Crippen molar-refractivity contribution in [2.75, 3.05) is 12.3 Å². The maximum Gasteiger partial charge on any atom is 0.239 e. The van der Waals surface area contributed by atoms with E-state index in [2.05, 4.69) is 11.6 Å². The summed E-state index contributed by atoms with van der Waals surface area (Å²) in [6.45, 7) is 4.12. The van der Waals surface area contributed by atoms with Crippen LogP contribution in [-0.2, 0) is 15.7 Å². The van der Waals surface area contributed by atoms with Gasteiger partial charge in [0.15, 0.2) is 10.9 Å². The number of hydrogen-bond donors (Lipinski definition) is 2. The number of benzene rings is 1. The first-order valence-corrected chi connectivity index (χ1v) is 10.3. The summed E-state index contributed by atoms with van der Waals surface area (Å²) >= 11 is 7.38. The van der Waals surface area contributed by atoms with Gasteiger partial charge in [-0.15, -0.1) is 6.58 Å². The second kappa shape index (κ2) is 6.34. The average Bonchev–Trinajstić information content (AvgIpc) is 3.26. The second-order valence-corrected chi connectivity index (χ2v) is 8.72. The molecule has 0 spiro atoms. The Labute approximate surface area is 150 Å². The van der Waals surface area contributed by atoms with Gasteiger partial charge in [0.2, 0.25) is 10.0 Å². The summed E-state index contributed by atoms with van der Waals surface area (Å²) in [7, 11) is -3.98. The van der Waals surface area contributed by atoms with Crippen LogP contribution in [0.5, 0.6) is 0 Å². The number of hydrogen-bond acceptors (Lipinski definition) is 5. The van der Waals surface area contributed by atoms with Gasteiger partial charge in [-0.1, -0.05) is 35.5 Å². The van der Waals surface area contributed by atoms with E-state index < -0.39 is 15.7 Å². The fraction of sp³-hybridized carbons (Fsp3) is 0.400. The smallest absolute Gasteiger partial charge is 0.239 e. The quantitative estimate of drug-likeness (QED) is 0.752. The van der Waals surface area contributed by atoms with E-state index in [0.717, 1.165) is 18.0 Å². The van der Waals surface area contributed by atoms with E-state index in [1.54, 1.807) is 17.0 Å². The minimum absolute atomic E-state index is 0.0256. The van der Waals surface area contributed by atoms with Crippen LogP contribution in [0.1, 0.15) is 18.4 Å². The van der Waals surface area contributed by atoms with Crippen molar-refractivity contribution in [2.45, 2.75) is 29.5 Å². The van der Waals surface area contributed by atoms with Crippen molar-refractivity contribution in [3.8, 4) is 0 Å². The number of aliphatic imine (C=N–C) groups is 1. The summed E-state index contributed by atoms with van der Waals surface area (Å²) in [4.78, 5) is 6.16. The van der Waals surface area contributed by atoms with Crippen LogP contribution in [0.2, 0.25) is 5.02 Å². The predicted molar refractivity (Wildman–Crippen MR) is 96.5 cm³/mol. The lowest BCUT2D eigenvalue weighted by Gasteiger charge is -2.34. The summed E-state index contributed by atoms with van der Waals surface area (Å²) in [5.74, 6) is 0.331. The maximum absolute atomic E-state index is 11.7. The average molecular weight is 388 g/mol. The number of aliphatic hydroxyl groups is 1. The summed E-state index contributed by atoms with van der Waals surface area (Å²) < 4.78 is 23.4. The van der Waals surface area contributed by atoms with Gasteiger partial charge in [0.1, 0.15) is 4.90 Å². The molecule has 6 nitrogen and oxygen atoms in total. The van der Waals surface area contributed by atoms with Gasteiger partial charge in [-0.05, 0) is 25.0 Å². The van der Waals surface area contributed by atoms with Crippen molar-refractivity contribution in [3.63, 3.8) is 0 Å². The number of halogens is 1. The van der Waals surface area contributed by atoms with Crippen LogP contribution >= 0.6 is 23.4 Å². The molecule has 1 aliphatic carbocycles. The summed E-state index contributed by atoms with van der Waals surface area (Å²) in [6, 6.07) is 4.68. The van der Waals surface area contributed by atoms with Crippen molar-refractivity contribution in [3.05, 3.63) is 41.4 Å². The maximum atomic E-state index is 11.7. The molecule has 1 aliphatic heterocycles. The number of sulfonamides is 1. The zero-order valence-corrected chi connectivity index (χ0v) is 15.2. The van der Waals surface area contributed by atoms with Crippen LogP contribution in [0.4, 0.5) is 0 Å². The number of nitrogens with two attached hydrogens (primary N) is 1. The van der Waals surface area contributed by atoms with Crippen LogP contribution in [0.15, 0.2) is 40.7 Å². The number of primary sulfonamides is 1. The third kappa shape index (κ3) is 3.34. The van der Waals surface area contributed by atoms with E-state index in [9.17, 15) is 13.5 Å². The van der Waals surface area contributed by atoms with Gasteiger partial charge < -0.3 is 10.0 Å². The van der Waals surface area contributed by atoms with E-state index in [-0.39, 0.29) is 9.92 Å². The van der Waals surface area contributed by atoms with Crippen molar-refractivity contribution in [2.24, 2.45) is 10.1 Å². The normalized spacial score (nSPS) is 26.1. The van der Waals surface area contributed by atoms with Crippen molar-refractivity contribution in [1.29, 1.82) is 0 Å². The third-order valence-electron chi connectivity index (χ3n) is 3.93. The van der Waals surface area contributed by atoms with Crippen molar-refractivity contribution < 1.29 is 13.5 Å². The minimum atomic E-state index is -3.98. The zero-order chi connectivity index (χ0) is 17.5. The SMILES string of the molecule is C=CCN1/C(=N/C2CC2)SCC1(O)c1ccc(Cl)c(S(N)(=O)=O)c1. The standard InChI is InChI=1S/C15H18ClN3O3S2/c1-2-7-19-14(18-11-4-5-11)23-9-15(19,20)10-3-6-12(16)13(8-10)24(17,21)22/h2-3,6,8,11,20H,1,4-5,7,9H2,(H2,17,21,22)/b18-14-. The van der Waals surface area contributed by atoms with Gasteiger partial charge in [-0.25, -0.2) is 13.6 Å². The van der Waals surface area contributed by atoms with E-state index >= 15 is 0 Å². The van der Waals surface area contributed by atoms with Gasteiger partial charge in [-0.2, -0.15) is 0 Å². The number of rotatable bonds is 5. The molecular formula is C15H18ClN3O3S2. The Morgan fingerprint density at radius 2 is 2.25 bits per heavy atom. The highest BCUT2D eigenvalue weighted by atomic mass is 35.5.